The zero-order valence-corrected chi connectivity index (χ0v) is 19.9. The van der Waals surface area contributed by atoms with Gasteiger partial charge in [-0.1, -0.05) is 80.3 Å². The van der Waals surface area contributed by atoms with Gasteiger partial charge in [-0.2, -0.15) is 0 Å². The van der Waals surface area contributed by atoms with E-state index in [2.05, 4.69) is 97.8 Å². The van der Waals surface area contributed by atoms with Crippen LogP contribution in [0.25, 0.3) is 11.1 Å². The number of aryl methyl sites for hydroxylation is 1. The third-order valence-corrected chi connectivity index (χ3v) is 7.04. The molecular weight excluding hydrogens is 398 g/mol. The normalized spacial score (nSPS) is 11.2. The molecule has 0 radical (unpaired) electrons. The second kappa shape index (κ2) is 11.0. The lowest BCUT2D eigenvalue weighted by molar-refractivity contribution is -0.143. The number of carbonyl (C=O) groups excluding carboxylic acids is 1. The Hall–Kier alpha value is -2.85. The summed E-state index contributed by atoms with van der Waals surface area (Å²) in [5, 5.41) is 3.43. The van der Waals surface area contributed by atoms with Crippen molar-refractivity contribution in [3.8, 4) is 11.1 Å². The molecule has 0 aliphatic carbocycles. The van der Waals surface area contributed by atoms with Crippen molar-refractivity contribution < 1.29 is 9.53 Å². The fraction of sp³-hybridized carbons (Fsp3) is 0.296. The number of esters is 1. The Balaban J connectivity index is 1.43. The number of hydrogen-bond acceptors (Lipinski definition) is 3. The minimum atomic E-state index is -1.05. The van der Waals surface area contributed by atoms with Gasteiger partial charge in [0, 0.05) is 25.9 Å². The molecule has 3 nitrogen and oxygen atoms in total. The maximum Gasteiger partial charge on any atom is 0.306 e. The van der Waals surface area contributed by atoms with Gasteiger partial charge in [-0.05, 0) is 53.8 Å². The van der Waals surface area contributed by atoms with Gasteiger partial charge in [-0.15, -0.1) is 0 Å². The summed E-state index contributed by atoms with van der Waals surface area (Å²) >= 11 is 0. The number of rotatable bonds is 10. The molecular formula is C27H33NO2Si. The highest BCUT2D eigenvalue weighted by Gasteiger charge is 2.12. The molecule has 162 valence electrons. The maximum absolute atomic E-state index is 12.0. The lowest BCUT2D eigenvalue weighted by Crippen LogP contribution is -2.20. The van der Waals surface area contributed by atoms with Crippen LogP contribution in [-0.4, -0.2) is 20.7 Å². The summed E-state index contributed by atoms with van der Waals surface area (Å²) in [6.07, 6.45) is 2.12. The highest BCUT2D eigenvalue weighted by Crippen LogP contribution is 2.23. The van der Waals surface area contributed by atoms with Crippen LogP contribution in [0, 0.1) is 0 Å². The van der Waals surface area contributed by atoms with Crippen molar-refractivity contribution in [2.24, 2.45) is 0 Å². The second-order valence-electron chi connectivity index (χ2n) is 9.15. The molecule has 0 saturated carbocycles. The van der Waals surface area contributed by atoms with Crippen molar-refractivity contribution >= 4 is 25.4 Å². The molecule has 0 spiro atoms. The van der Waals surface area contributed by atoms with Crippen LogP contribution in [0.4, 0.5) is 11.4 Å². The van der Waals surface area contributed by atoms with Crippen LogP contribution >= 0.6 is 0 Å². The summed E-state index contributed by atoms with van der Waals surface area (Å²) in [6, 6.07) is 28.2. The van der Waals surface area contributed by atoms with Gasteiger partial charge in [-0.25, -0.2) is 0 Å². The number of benzene rings is 3. The van der Waals surface area contributed by atoms with Crippen molar-refractivity contribution in [2.45, 2.75) is 44.9 Å². The van der Waals surface area contributed by atoms with E-state index in [0.717, 1.165) is 23.4 Å². The molecule has 0 unspecified atom stereocenters. The highest BCUT2D eigenvalue weighted by molar-refractivity contribution is 6.76. The van der Waals surface area contributed by atoms with Crippen molar-refractivity contribution in [3.63, 3.8) is 0 Å². The average Bonchev–Trinajstić information content (AvgIpc) is 2.77. The van der Waals surface area contributed by atoms with Crippen LogP contribution < -0.4 is 5.32 Å². The van der Waals surface area contributed by atoms with Gasteiger partial charge < -0.3 is 10.1 Å². The molecule has 0 bridgehead atoms. The monoisotopic (exact) mass is 431 g/mol. The lowest BCUT2D eigenvalue weighted by Gasteiger charge is -2.15. The van der Waals surface area contributed by atoms with E-state index in [9.17, 15) is 4.79 Å². The molecule has 4 heteroatoms. The summed E-state index contributed by atoms with van der Waals surface area (Å²) < 4.78 is 5.37. The molecule has 0 aromatic heterocycles. The molecule has 31 heavy (non-hydrogen) atoms. The van der Waals surface area contributed by atoms with Crippen molar-refractivity contribution in [1.29, 1.82) is 0 Å². The van der Waals surface area contributed by atoms with Crippen molar-refractivity contribution in [3.05, 3.63) is 84.4 Å². The molecule has 0 aliphatic rings. The number of nitrogens with one attached hydrogen (secondary N) is 1. The number of anilines is 2. The van der Waals surface area contributed by atoms with E-state index in [1.165, 1.54) is 17.2 Å². The topological polar surface area (TPSA) is 38.3 Å². The van der Waals surface area contributed by atoms with Gasteiger partial charge in [0.2, 0.25) is 0 Å². The molecule has 0 fully saturated rings. The zero-order valence-electron chi connectivity index (χ0n) is 18.9. The Morgan fingerprint density at radius 3 is 2.00 bits per heavy atom. The predicted molar refractivity (Wildman–Crippen MR) is 134 cm³/mol. The second-order valence-corrected chi connectivity index (χ2v) is 14.8. The van der Waals surface area contributed by atoms with E-state index in [1.54, 1.807) is 0 Å². The molecule has 0 amide bonds. The van der Waals surface area contributed by atoms with E-state index in [4.69, 9.17) is 4.74 Å². The summed E-state index contributed by atoms with van der Waals surface area (Å²) in [4.78, 5) is 12.0. The first-order chi connectivity index (χ1) is 14.9. The largest absolute Gasteiger partial charge is 0.466 e. The molecule has 0 heterocycles. The zero-order chi connectivity index (χ0) is 22.1. The standard InChI is InChI=1S/C27H33NO2Si/c1-31(2,3)21-7-20-30-27(29)19-12-22-10-15-25(16-11-22)28-26-17-13-24(14-18-26)23-8-5-4-6-9-23/h4-6,8-11,13-18,28H,7,12,19-21H2,1-3H3. The number of ether oxygens (including phenoxy) is 1. The van der Waals surface area contributed by atoms with E-state index >= 15 is 0 Å². The lowest BCUT2D eigenvalue weighted by atomic mass is 10.1. The molecule has 0 atom stereocenters. The van der Waals surface area contributed by atoms with Crippen LogP contribution in [0.5, 0.6) is 0 Å². The third kappa shape index (κ3) is 8.06. The first kappa shape index (κ1) is 22.8. The average molecular weight is 432 g/mol. The van der Waals surface area contributed by atoms with Crippen LogP contribution in [0.15, 0.2) is 78.9 Å². The van der Waals surface area contributed by atoms with Gasteiger partial charge in [0.15, 0.2) is 0 Å². The summed E-state index contributed by atoms with van der Waals surface area (Å²) in [5.74, 6) is -0.101. The fourth-order valence-electron chi connectivity index (χ4n) is 3.41. The summed E-state index contributed by atoms with van der Waals surface area (Å²) in [5.41, 5.74) is 5.64. The Kier molecular flexibility index (Phi) is 8.07. The maximum atomic E-state index is 12.0. The minimum Gasteiger partial charge on any atom is -0.466 e. The summed E-state index contributed by atoms with van der Waals surface area (Å²) in [7, 11) is -1.05. The van der Waals surface area contributed by atoms with Crippen LogP contribution in [-0.2, 0) is 16.0 Å². The Morgan fingerprint density at radius 1 is 0.806 bits per heavy atom. The quantitative estimate of drug-likeness (QED) is 0.208. The van der Waals surface area contributed by atoms with Gasteiger partial charge in [0.25, 0.3) is 0 Å². The van der Waals surface area contributed by atoms with E-state index in [-0.39, 0.29) is 5.97 Å². The number of hydrogen-bond donors (Lipinski definition) is 1. The molecule has 1 N–H and O–H groups in total. The first-order valence-corrected chi connectivity index (χ1v) is 14.8. The van der Waals surface area contributed by atoms with Crippen molar-refractivity contribution in [1.82, 2.24) is 0 Å². The molecule has 0 aliphatic heterocycles. The van der Waals surface area contributed by atoms with E-state index < -0.39 is 8.07 Å². The smallest absolute Gasteiger partial charge is 0.306 e. The van der Waals surface area contributed by atoms with Crippen molar-refractivity contribution in [2.75, 3.05) is 11.9 Å². The van der Waals surface area contributed by atoms with Crippen LogP contribution in [0.1, 0.15) is 18.4 Å². The fourth-order valence-corrected chi connectivity index (χ4v) is 4.61. The van der Waals surface area contributed by atoms with E-state index in [1.807, 2.05) is 6.07 Å². The number of carbonyl (C=O) groups is 1. The first-order valence-electron chi connectivity index (χ1n) is 11.1. The molecule has 3 aromatic rings. The Morgan fingerprint density at radius 2 is 1.39 bits per heavy atom. The SMILES string of the molecule is C[Si](C)(C)CCCOC(=O)CCc1ccc(Nc2ccc(-c3ccccc3)cc2)cc1. The van der Waals surface area contributed by atoms with Crippen LogP contribution in [0.3, 0.4) is 0 Å². The molecule has 3 aromatic carbocycles. The van der Waals surface area contributed by atoms with Crippen LogP contribution in [0.2, 0.25) is 25.7 Å². The van der Waals surface area contributed by atoms with Gasteiger partial charge in [0.05, 0.1) is 6.61 Å². The Labute approximate surface area is 187 Å². The van der Waals surface area contributed by atoms with Gasteiger partial charge in [-0.3, -0.25) is 4.79 Å². The predicted octanol–water partition coefficient (Wildman–Crippen LogP) is 7.30. The summed E-state index contributed by atoms with van der Waals surface area (Å²) in [6.45, 7) is 7.57. The highest BCUT2D eigenvalue weighted by atomic mass is 28.3. The third-order valence-electron chi connectivity index (χ3n) is 5.19. The van der Waals surface area contributed by atoms with Gasteiger partial charge in [0.1, 0.15) is 0 Å². The molecule has 3 rings (SSSR count). The Bertz CT molecular complexity index is 945. The molecule has 0 saturated heterocycles. The van der Waals surface area contributed by atoms with Gasteiger partial charge >= 0.3 is 5.97 Å². The minimum absolute atomic E-state index is 0.101. The van der Waals surface area contributed by atoms with E-state index in [0.29, 0.717) is 19.4 Å².